The first-order chi connectivity index (χ1) is 11.9. The van der Waals surface area contributed by atoms with Gasteiger partial charge in [-0.05, 0) is 35.9 Å². The number of carbonyl (C=O) groups excluding carboxylic acids is 1. The van der Waals surface area contributed by atoms with Crippen molar-refractivity contribution in [2.75, 3.05) is 4.90 Å². The summed E-state index contributed by atoms with van der Waals surface area (Å²) >= 11 is 18.4. The van der Waals surface area contributed by atoms with E-state index in [4.69, 9.17) is 35.4 Å². The Kier molecular flexibility index (Phi) is 5.10. The number of hydrogen-bond acceptors (Lipinski definition) is 5. The number of hydrogen-bond donors (Lipinski definition) is 0. The Labute approximate surface area is 162 Å². The summed E-state index contributed by atoms with van der Waals surface area (Å²) in [5, 5.41) is 11.7. The maximum absolute atomic E-state index is 12.7. The molecule has 0 aliphatic carbocycles. The molecule has 0 bridgehead atoms. The fourth-order valence-corrected chi connectivity index (χ4v) is 3.93. The molecule has 1 amide bonds. The van der Waals surface area contributed by atoms with E-state index in [1.165, 1.54) is 29.2 Å². The number of amides is 1. The van der Waals surface area contributed by atoms with Gasteiger partial charge < -0.3 is 0 Å². The van der Waals surface area contributed by atoms with Crippen molar-refractivity contribution < 1.29 is 9.72 Å². The van der Waals surface area contributed by atoms with Crippen molar-refractivity contribution >= 4 is 74.9 Å². The molecule has 0 saturated carbocycles. The lowest BCUT2D eigenvalue weighted by atomic mass is 10.2. The second-order valence-corrected chi connectivity index (χ2v) is 7.48. The Balaban J connectivity index is 1.92. The lowest BCUT2D eigenvalue weighted by molar-refractivity contribution is -0.384. The summed E-state index contributed by atoms with van der Waals surface area (Å²) in [5.74, 6) is -0.310. The second kappa shape index (κ2) is 7.13. The fraction of sp³-hybridized carbons (Fsp3) is 0. The standard InChI is InChI=1S/C16H8Cl2N2O3S2/c17-10-2-1-9(13(18)8-10)7-14-15(21)19(16(24)25-14)11-3-5-12(6-4-11)20(22)23/h1-8H/b14-7-. The van der Waals surface area contributed by atoms with Crippen LogP contribution >= 0.6 is 47.2 Å². The van der Waals surface area contributed by atoms with Crippen LogP contribution in [0, 0.1) is 10.1 Å². The number of benzene rings is 2. The van der Waals surface area contributed by atoms with Gasteiger partial charge in [-0.1, -0.05) is 53.2 Å². The van der Waals surface area contributed by atoms with Gasteiger partial charge in [-0.2, -0.15) is 0 Å². The zero-order valence-electron chi connectivity index (χ0n) is 12.3. The number of non-ortho nitro benzene ring substituents is 1. The molecule has 0 radical (unpaired) electrons. The Hall–Kier alpha value is -1.93. The number of anilines is 1. The minimum Gasteiger partial charge on any atom is -0.268 e. The Morgan fingerprint density at radius 1 is 1.16 bits per heavy atom. The van der Waals surface area contributed by atoms with Crippen LogP contribution in [0.15, 0.2) is 47.4 Å². The smallest absolute Gasteiger partial charge is 0.268 e. The van der Waals surface area contributed by atoms with Gasteiger partial charge in [0.25, 0.3) is 11.6 Å². The molecule has 9 heteroatoms. The van der Waals surface area contributed by atoms with Crippen LogP contribution in [0.5, 0.6) is 0 Å². The van der Waals surface area contributed by atoms with Crippen molar-refractivity contribution in [1.82, 2.24) is 0 Å². The van der Waals surface area contributed by atoms with E-state index in [0.29, 0.717) is 30.5 Å². The molecule has 0 N–H and O–H groups in total. The average molecular weight is 411 g/mol. The van der Waals surface area contributed by atoms with Gasteiger partial charge in [0.15, 0.2) is 4.32 Å². The SMILES string of the molecule is O=C1/C(=C/c2ccc(Cl)cc2Cl)SC(=S)N1c1ccc([N+](=O)[O-])cc1. The van der Waals surface area contributed by atoms with E-state index < -0.39 is 4.92 Å². The van der Waals surface area contributed by atoms with Crippen LogP contribution in [-0.4, -0.2) is 15.2 Å². The van der Waals surface area contributed by atoms with Crippen LogP contribution in [-0.2, 0) is 4.79 Å². The first-order valence-electron chi connectivity index (χ1n) is 6.84. The van der Waals surface area contributed by atoms with Crippen LogP contribution in [0.4, 0.5) is 11.4 Å². The highest BCUT2D eigenvalue weighted by molar-refractivity contribution is 8.27. The number of halogens is 2. The number of nitro benzene ring substituents is 1. The lowest BCUT2D eigenvalue weighted by Gasteiger charge is -2.13. The molecular formula is C16H8Cl2N2O3S2. The highest BCUT2D eigenvalue weighted by Gasteiger charge is 2.33. The minimum atomic E-state index is -0.503. The normalized spacial score (nSPS) is 15.9. The number of nitrogens with zero attached hydrogens (tertiary/aromatic N) is 2. The van der Waals surface area contributed by atoms with Crippen LogP contribution in [0.25, 0.3) is 6.08 Å². The molecule has 1 aliphatic heterocycles. The summed E-state index contributed by atoms with van der Waals surface area (Å²) in [5.41, 5.74) is 1.06. The molecule has 0 aromatic heterocycles. The molecule has 2 aromatic carbocycles. The largest absolute Gasteiger partial charge is 0.270 e. The highest BCUT2D eigenvalue weighted by atomic mass is 35.5. The highest BCUT2D eigenvalue weighted by Crippen LogP contribution is 2.37. The van der Waals surface area contributed by atoms with E-state index in [1.54, 1.807) is 24.3 Å². The zero-order valence-corrected chi connectivity index (χ0v) is 15.5. The summed E-state index contributed by atoms with van der Waals surface area (Å²) in [4.78, 5) is 24.6. The molecule has 126 valence electrons. The molecule has 1 fully saturated rings. The predicted molar refractivity (Wildman–Crippen MR) is 105 cm³/mol. The average Bonchev–Trinajstić information content (AvgIpc) is 2.84. The molecule has 5 nitrogen and oxygen atoms in total. The maximum Gasteiger partial charge on any atom is 0.270 e. The molecule has 1 heterocycles. The number of nitro groups is 1. The lowest BCUT2D eigenvalue weighted by Crippen LogP contribution is -2.27. The van der Waals surface area contributed by atoms with Crippen molar-refractivity contribution in [2.24, 2.45) is 0 Å². The van der Waals surface area contributed by atoms with Gasteiger partial charge in [0.2, 0.25) is 0 Å². The molecule has 2 aromatic rings. The molecule has 0 unspecified atom stereocenters. The number of thiocarbonyl (C=S) groups is 1. The minimum absolute atomic E-state index is 0.0577. The van der Waals surface area contributed by atoms with Gasteiger partial charge in [0.05, 0.1) is 15.5 Å². The molecule has 0 atom stereocenters. The van der Waals surface area contributed by atoms with Gasteiger partial charge in [-0.15, -0.1) is 0 Å². The van der Waals surface area contributed by atoms with Crippen LogP contribution in [0.3, 0.4) is 0 Å². The molecule has 3 rings (SSSR count). The number of rotatable bonds is 3. The Bertz CT molecular complexity index is 929. The second-order valence-electron chi connectivity index (χ2n) is 4.96. The van der Waals surface area contributed by atoms with Crippen LogP contribution in [0.1, 0.15) is 5.56 Å². The molecule has 1 saturated heterocycles. The van der Waals surface area contributed by atoms with Crippen molar-refractivity contribution in [2.45, 2.75) is 0 Å². The summed E-state index contributed by atoms with van der Waals surface area (Å²) in [6, 6.07) is 10.6. The molecule has 25 heavy (non-hydrogen) atoms. The molecular weight excluding hydrogens is 403 g/mol. The van der Waals surface area contributed by atoms with Crippen molar-refractivity contribution in [3.8, 4) is 0 Å². The first-order valence-corrected chi connectivity index (χ1v) is 8.82. The molecule has 1 aliphatic rings. The summed E-state index contributed by atoms with van der Waals surface area (Å²) in [7, 11) is 0. The number of carbonyl (C=O) groups is 1. The maximum atomic E-state index is 12.7. The van der Waals surface area contributed by atoms with Gasteiger partial charge in [-0.3, -0.25) is 19.8 Å². The van der Waals surface area contributed by atoms with Gasteiger partial charge in [-0.25, -0.2) is 0 Å². The predicted octanol–water partition coefficient (Wildman–Crippen LogP) is 5.31. The molecule has 0 spiro atoms. The summed E-state index contributed by atoms with van der Waals surface area (Å²) in [6.45, 7) is 0. The van der Waals surface area contributed by atoms with E-state index in [9.17, 15) is 14.9 Å². The van der Waals surface area contributed by atoms with E-state index in [-0.39, 0.29) is 11.6 Å². The number of thioether (sulfide) groups is 1. The quantitative estimate of drug-likeness (QED) is 0.297. The summed E-state index contributed by atoms with van der Waals surface area (Å²) < 4.78 is 0.343. The van der Waals surface area contributed by atoms with Gasteiger partial charge in [0, 0.05) is 22.2 Å². The van der Waals surface area contributed by atoms with E-state index >= 15 is 0 Å². The van der Waals surface area contributed by atoms with Crippen molar-refractivity contribution in [3.63, 3.8) is 0 Å². The van der Waals surface area contributed by atoms with E-state index in [2.05, 4.69) is 0 Å². The zero-order chi connectivity index (χ0) is 18.1. The third kappa shape index (κ3) is 3.69. The third-order valence-electron chi connectivity index (χ3n) is 3.36. The van der Waals surface area contributed by atoms with Crippen molar-refractivity contribution in [1.29, 1.82) is 0 Å². The topological polar surface area (TPSA) is 63.5 Å². The Morgan fingerprint density at radius 3 is 2.44 bits per heavy atom. The van der Waals surface area contributed by atoms with E-state index in [0.717, 1.165) is 11.8 Å². The van der Waals surface area contributed by atoms with Crippen LogP contribution < -0.4 is 4.90 Å². The fourth-order valence-electron chi connectivity index (χ4n) is 2.17. The monoisotopic (exact) mass is 410 g/mol. The van der Waals surface area contributed by atoms with Gasteiger partial charge in [0.1, 0.15) is 0 Å². The van der Waals surface area contributed by atoms with Crippen molar-refractivity contribution in [3.05, 3.63) is 73.1 Å². The Morgan fingerprint density at radius 2 is 1.84 bits per heavy atom. The van der Waals surface area contributed by atoms with Gasteiger partial charge >= 0.3 is 0 Å². The summed E-state index contributed by atoms with van der Waals surface area (Å²) in [6.07, 6.45) is 1.64. The third-order valence-corrected chi connectivity index (χ3v) is 5.23. The van der Waals surface area contributed by atoms with Crippen LogP contribution in [0.2, 0.25) is 10.0 Å². The van der Waals surface area contributed by atoms with E-state index in [1.807, 2.05) is 0 Å². The first kappa shape index (κ1) is 17.9.